The van der Waals surface area contributed by atoms with Gasteiger partial charge < -0.3 is 98.7 Å². The van der Waals surface area contributed by atoms with Crippen LogP contribution in [-0.4, -0.2) is 409 Å². The van der Waals surface area contributed by atoms with Crippen molar-refractivity contribution in [2.75, 3.05) is 240 Å². The topological polar surface area (TPSA) is 170 Å². The van der Waals surface area contributed by atoms with Crippen LogP contribution in [0.3, 0.4) is 0 Å². The number of carbonyl (C=O) groups is 4. The van der Waals surface area contributed by atoms with Crippen molar-refractivity contribution < 1.29 is 32.7 Å². The van der Waals surface area contributed by atoms with E-state index in [0.29, 0.717) is 73.6 Å². The van der Waals surface area contributed by atoms with Crippen LogP contribution in [0.25, 0.3) is 0 Å². The number of benzene rings is 1. The Morgan fingerprint density at radius 2 is 0.735 bits per heavy atom. The fourth-order valence-corrected chi connectivity index (χ4v) is 26.4. The number of ether oxygens (including phenoxy) is 1. The summed E-state index contributed by atoms with van der Waals surface area (Å²) in [5.74, 6) is 2.43. The van der Waals surface area contributed by atoms with Crippen LogP contribution < -0.4 is 10.6 Å². The minimum atomic E-state index is -2.70. The van der Waals surface area contributed by atoms with Crippen molar-refractivity contribution in [1.29, 1.82) is 0 Å². The normalized spacial score (nSPS) is 28.0. The molecule has 742 valence electrons. The molecule has 18 heterocycles. The smallest absolute Gasteiger partial charge is 0.320 e. The minimum Gasteiger partial charge on any atom is -0.378 e. The first kappa shape index (κ1) is 104. The van der Waals surface area contributed by atoms with Crippen LogP contribution in [0.4, 0.5) is 28.0 Å². The summed E-state index contributed by atoms with van der Waals surface area (Å²) in [6.45, 7) is 29.9. The lowest BCUT2D eigenvalue weighted by Gasteiger charge is -2.39. The highest BCUT2D eigenvalue weighted by atomic mass is 32.2. The molecule has 1 aromatic carbocycles. The van der Waals surface area contributed by atoms with Gasteiger partial charge in [-0.1, -0.05) is 61.2 Å². The first-order valence-corrected chi connectivity index (χ1v) is 54.3. The Bertz CT molecular complexity index is 3770. The fraction of sp³-hybridized carbons (Fsp3) is 0.822. The number of fused-ring (bicyclic) bond motifs is 2. The maximum absolute atomic E-state index is 13.3. The molecule has 2 aromatic rings. The van der Waals surface area contributed by atoms with Crippen molar-refractivity contribution in [2.24, 2.45) is 41.4 Å². The van der Waals surface area contributed by atoms with Gasteiger partial charge in [0.05, 0.1) is 43.0 Å². The number of piperidine rings is 7. The zero-order chi connectivity index (χ0) is 93.5. The van der Waals surface area contributed by atoms with Gasteiger partial charge in [0.25, 0.3) is 11.2 Å². The van der Waals surface area contributed by atoms with Crippen molar-refractivity contribution in [2.45, 2.75) is 255 Å². The van der Waals surface area contributed by atoms with Gasteiger partial charge >= 0.3 is 18.1 Å². The summed E-state index contributed by atoms with van der Waals surface area (Å²) in [5.41, 5.74) is 5.19. The Morgan fingerprint density at radius 1 is 0.394 bits per heavy atom. The van der Waals surface area contributed by atoms with Crippen LogP contribution in [0, 0.1) is 41.4 Å². The molecule has 25 nitrogen and oxygen atoms in total. The summed E-state index contributed by atoms with van der Waals surface area (Å²) in [4.78, 5) is 93.6. The number of rotatable bonds is 8. The number of thiocarbonyl (C=S) groups is 3. The number of halogens is 2. The summed E-state index contributed by atoms with van der Waals surface area (Å²) in [6, 6.07) is 16.9. The van der Waals surface area contributed by atoms with E-state index >= 15 is 0 Å². The zero-order valence-corrected chi connectivity index (χ0v) is 86.2. The lowest BCUT2D eigenvalue weighted by molar-refractivity contribution is 0.0130. The van der Waals surface area contributed by atoms with E-state index in [1.54, 1.807) is 0 Å². The summed E-state index contributed by atoms with van der Waals surface area (Å²) in [5, 5.41) is 8.40. The van der Waals surface area contributed by atoms with Crippen LogP contribution in [0.2, 0.25) is 0 Å². The molecule has 7 atom stereocenters. The Morgan fingerprint density at radius 3 is 1.12 bits per heavy atom. The van der Waals surface area contributed by atoms with Crippen LogP contribution >= 0.6 is 48.4 Å². The standard InChI is InChI=1S/C18H26N4O.C16H23N3S.C15H25F2N3O.C15H27N3O2.C13H24N2S.C12H23N3S.C12H22N2OS/c1-20-10-6-14(7-11-20)17-5-3-9-22(17)18(23)21-12-15-4-2-8-19-16(15)13-21;1-17-16(20)19-11-13-5-3-4-6-14(13)15(19)12-7-9-18(2)10-8-12;1-18-8-4-12(5-9-18)13-3-2-7-20(13)14(21)19-10-6-15(16,17)11-19;1-16-7-4-13(5-8-16)14-3-2-6-18(14)15(19)17-9-11-20-12-10-17;1-3-13(16)15-8-4-5-12(15)11-6-9-14(2)10-7-11;1-13-12(16)15-7-3-4-11(15)10-5-8-14(2)9-6-10;1-13-8-5-10(6-9-13)11-4-3-7-14(11)12(15)16-2/h2,4,8,14,17H,3,5-7,9-13H2,1H3;3-6,12,15H,7-11H2,1-2H3,(H,17,20);12-13H,2-11H2,1H3;13-14H,2-12H2,1H3;11-12H,3-10H2,1-2H3;10-11H,3-9H2,1-2H3,(H,13,16);10-11H,3-9H2,1-2H3/t17-;15-;13-;14-;12-;2*11-/m0100000/s1. The average Bonchev–Trinajstić information content (AvgIpc) is 1.62. The van der Waals surface area contributed by atoms with Crippen LogP contribution in [0.1, 0.15) is 215 Å². The molecule has 17 aliphatic rings. The van der Waals surface area contributed by atoms with Crippen molar-refractivity contribution in [3.8, 4) is 0 Å². The Labute approximate surface area is 814 Å². The Balaban J connectivity index is 0.000000131. The quantitative estimate of drug-likeness (QED) is 0.239. The second kappa shape index (κ2) is 51.1. The van der Waals surface area contributed by atoms with Crippen molar-refractivity contribution in [3.63, 3.8) is 0 Å². The van der Waals surface area contributed by atoms with Crippen molar-refractivity contribution in [1.82, 2.24) is 98.9 Å². The monoisotopic (exact) mass is 1910 g/mol. The molecule has 7 amide bonds. The number of nitrogens with zero attached hydrogens (tertiary/aromatic N) is 18. The van der Waals surface area contributed by atoms with Gasteiger partial charge in [-0.25, -0.2) is 23.2 Å². The van der Waals surface area contributed by atoms with Crippen molar-refractivity contribution >= 4 is 87.0 Å². The third-order valence-corrected chi connectivity index (χ3v) is 35.3. The van der Waals surface area contributed by atoms with E-state index in [9.17, 15) is 28.0 Å². The zero-order valence-electron chi connectivity index (χ0n) is 82.9. The van der Waals surface area contributed by atoms with Gasteiger partial charge in [-0.3, -0.25) is 9.78 Å². The number of alkyl halides is 2. The number of thioether (sulfide) groups is 1. The molecule has 19 rings (SSSR count). The van der Waals surface area contributed by atoms with Crippen molar-refractivity contribution in [3.05, 3.63) is 65.0 Å². The lowest BCUT2D eigenvalue weighted by atomic mass is 9.85. The number of morpholine rings is 1. The van der Waals surface area contributed by atoms with Crippen LogP contribution in [0.5, 0.6) is 0 Å². The van der Waals surface area contributed by atoms with E-state index in [0.717, 1.165) is 150 Å². The molecule has 15 fully saturated rings. The van der Waals surface area contributed by atoms with E-state index in [1.165, 1.54) is 258 Å². The molecule has 0 bridgehead atoms. The highest BCUT2D eigenvalue weighted by molar-refractivity contribution is 8.12. The number of carbonyl (C=O) groups excluding carboxylic acids is 4. The number of amides is 7. The molecule has 0 saturated carbocycles. The maximum atomic E-state index is 13.3. The van der Waals surface area contributed by atoms with Gasteiger partial charge in [0.1, 0.15) is 0 Å². The minimum absolute atomic E-state index is 0.159. The van der Waals surface area contributed by atoms with Gasteiger partial charge in [0.2, 0.25) is 0 Å². The summed E-state index contributed by atoms with van der Waals surface area (Å²) < 4.78 is 32.0. The summed E-state index contributed by atoms with van der Waals surface area (Å²) >= 11 is 17.8. The van der Waals surface area contributed by atoms with E-state index in [-0.39, 0.29) is 42.3 Å². The molecule has 2 N–H and O–H groups in total. The molecular weight excluding hydrogens is 1740 g/mol. The predicted octanol–water partition coefficient (Wildman–Crippen LogP) is 14.3. The van der Waals surface area contributed by atoms with Gasteiger partial charge in [0.15, 0.2) is 10.2 Å². The number of aromatic nitrogens is 1. The van der Waals surface area contributed by atoms with Gasteiger partial charge in [-0.05, 0) is 409 Å². The van der Waals surface area contributed by atoms with E-state index < -0.39 is 12.5 Å². The molecular formula is C101H170F2N20O5S4. The number of pyridine rings is 1. The SMILES string of the molecule is CCC(=S)N1CCC[C@H]1C1CCN(C)CC1.CN1CCC([C@@H]2CCCN2C(=O)N2CCC(F)(F)C2)CC1.CN1CCC([C@@H]2CCCN2C(=O)N2CCOCC2)CC1.CN1CCC([C@@H]2CCCN2C(=O)N2Cc3cccnc3C2)CC1.CNC(=S)N1CCC[C@H]1C1CCN(C)CC1.CNC(=S)N1Cc2ccccc2[C@H]1C1CCN(C)CC1.CSC(=O)N1CCC[C@H]1C1CCN(C)CC1. The number of hydrogen-bond acceptors (Lipinski definition) is 17. The third kappa shape index (κ3) is 27.9. The first-order chi connectivity index (χ1) is 63.8. The highest BCUT2D eigenvalue weighted by Crippen LogP contribution is 2.45. The highest BCUT2D eigenvalue weighted by Gasteiger charge is 2.48. The number of likely N-dealkylation sites (tertiary alicyclic amines) is 14. The number of urea groups is 3. The fourth-order valence-electron chi connectivity index (χ4n) is 25.3. The number of hydrogen-bond donors (Lipinski definition) is 2. The van der Waals surface area contributed by atoms with E-state index in [2.05, 4.69) is 166 Å². The molecule has 15 saturated heterocycles. The summed E-state index contributed by atoms with van der Waals surface area (Å²) in [7, 11) is 19.2. The van der Waals surface area contributed by atoms with Gasteiger partial charge in [0, 0.05) is 135 Å². The molecule has 31 heteroatoms. The lowest BCUT2D eigenvalue weighted by Crippen LogP contribution is -2.52. The number of nitrogens with one attached hydrogen (secondary N) is 2. The molecule has 132 heavy (non-hydrogen) atoms. The van der Waals surface area contributed by atoms with Crippen LogP contribution in [0.15, 0.2) is 42.6 Å². The Hall–Kier alpha value is -5.19. The first-order valence-electron chi connectivity index (χ1n) is 51.8. The van der Waals surface area contributed by atoms with Gasteiger partial charge in [-0.2, -0.15) is 0 Å². The Kier molecular flexibility index (Phi) is 40.3. The molecule has 0 spiro atoms. The molecule has 17 aliphatic heterocycles. The van der Waals surface area contributed by atoms with E-state index in [4.69, 9.17) is 41.4 Å². The molecule has 0 radical (unpaired) electrons. The van der Waals surface area contributed by atoms with E-state index in [1.807, 2.05) is 47.3 Å². The second-order valence-electron chi connectivity index (χ2n) is 41.9. The van der Waals surface area contributed by atoms with Gasteiger partial charge in [-0.15, -0.1) is 0 Å². The maximum Gasteiger partial charge on any atom is 0.320 e. The third-order valence-electron chi connectivity index (χ3n) is 33.3. The predicted molar refractivity (Wildman–Crippen MR) is 543 cm³/mol. The second-order valence-corrected chi connectivity index (χ2v) is 43.9. The molecule has 0 unspecified atom stereocenters. The largest absolute Gasteiger partial charge is 0.378 e. The molecule has 1 aromatic heterocycles. The summed E-state index contributed by atoms with van der Waals surface area (Å²) in [6.07, 6.45) is 36.7. The average molecular weight is 1910 g/mol. The molecule has 0 aliphatic carbocycles. The van der Waals surface area contributed by atoms with Crippen LogP contribution in [-0.2, 0) is 24.4 Å².